The minimum Gasteiger partial charge on any atom is -0.447 e. The molecule has 72 valence electrons. The van der Waals surface area contributed by atoms with E-state index in [0.717, 1.165) is 0 Å². The van der Waals surface area contributed by atoms with E-state index in [0.29, 0.717) is 11.1 Å². The maximum Gasteiger partial charge on any atom is 0.339 e. The van der Waals surface area contributed by atoms with Crippen LogP contribution in [0.4, 0.5) is 0 Å². The molecule has 0 aromatic heterocycles. The van der Waals surface area contributed by atoms with Crippen LogP contribution in [-0.4, -0.2) is 17.4 Å². The predicted octanol–water partition coefficient (Wildman–Crippen LogP) is 1.17. The number of ether oxygens (including phenoxy) is 1. The van der Waals surface area contributed by atoms with Gasteiger partial charge in [0, 0.05) is 10.5 Å². The number of hydrogen-bond donors (Lipinski definition) is 0. The molecule has 0 amide bonds. The number of benzene rings is 1. The largest absolute Gasteiger partial charge is 0.447 e. The van der Waals surface area contributed by atoms with Gasteiger partial charge in [-0.2, -0.15) is 0 Å². The Labute approximate surface area is 79.4 Å². The number of carbonyl (C=O) groups is 1. The summed E-state index contributed by atoms with van der Waals surface area (Å²) in [6.07, 6.45) is -0.728. The van der Waals surface area contributed by atoms with Gasteiger partial charge in [0.05, 0.1) is 5.56 Å². The van der Waals surface area contributed by atoms with Gasteiger partial charge in [-0.1, -0.05) is 18.2 Å². The molecule has 1 unspecified atom stereocenters. The van der Waals surface area contributed by atoms with Crippen LogP contribution in [0.25, 0.3) is 0 Å². The molecular weight excluding hydrogens is 186 g/mol. The van der Waals surface area contributed by atoms with Crippen molar-refractivity contribution in [2.24, 2.45) is 0 Å². The van der Waals surface area contributed by atoms with Crippen molar-refractivity contribution in [3.8, 4) is 0 Å². The maximum atomic E-state index is 11.2. The van der Waals surface area contributed by atoms with E-state index in [9.17, 15) is 14.9 Å². The molecule has 1 aliphatic rings. The quantitative estimate of drug-likeness (QED) is 0.401. The molecule has 0 radical (unpaired) electrons. The fraction of sp³-hybridized carbons (Fsp3) is 0.222. The lowest BCUT2D eigenvalue weighted by Gasteiger charge is -2.03. The summed E-state index contributed by atoms with van der Waals surface area (Å²) in [7, 11) is 0. The van der Waals surface area contributed by atoms with Crippen molar-refractivity contribution < 1.29 is 14.5 Å². The van der Waals surface area contributed by atoms with Gasteiger partial charge in [0.25, 0.3) is 0 Å². The first-order valence-corrected chi connectivity index (χ1v) is 4.10. The molecule has 0 bridgehead atoms. The summed E-state index contributed by atoms with van der Waals surface area (Å²) in [6.45, 7) is -0.372. The Hall–Kier alpha value is -1.91. The fourth-order valence-electron chi connectivity index (χ4n) is 1.49. The van der Waals surface area contributed by atoms with Crippen molar-refractivity contribution in [2.45, 2.75) is 6.10 Å². The van der Waals surface area contributed by atoms with E-state index in [1.807, 2.05) is 0 Å². The zero-order chi connectivity index (χ0) is 10.1. The second-order valence-electron chi connectivity index (χ2n) is 3.00. The number of fused-ring (bicyclic) bond motifs is 1. The standard InChI is InChI=1S/C9H7NO4/c11-9-7-4-2-1-3-6(7)8(14-9)5-10(12)13/h1-4,8H,5H2. The molecule has 0 saturated carbocycles. The Morgan fingerprint density at radius 3 is 2.86 bits per heavy atom. The average molecular weight is 193 g/mol. The van der Waals surface area contributed by atoms with Gasteiger partial charge in [0.1, 0.15) is 0 Å². The summed E-state index contributed by atoms with van der Waals surface area (Å²) in [4.78, 5) is 21.0. The zero-order valence-corrected chi connectivity index (χ0v) is 7.17. The van der Waals surface area contributed by atoms with E-state index >= 15 is 0 Å². The molecule has 5 heteroatoms. The number of carbonyl (C=O) groups excluding carboxylic acids is 1. The molecule has 0 aliphatic carbocycles. The SMILES string of the molecule is O=C1OC(C[N+](=O)[O-])c2ccccc21. The highest BCUT2D eigenvalue weighted by atomic mass is 16.6. The summed E-state index contributed by atoms with van der Waals surface area (Å²) < 4.78 is 4.86. The Morgan fingerprint density at radius 1 is 1.43 bits per heavy atom. The van der Waals surface area contributed by atoms with Gasteiger partial charge in [-0.05, 0) is 6.07 Å². The number of nitrogens with zero attached hydrogens (tertiary/aromatic N) is 1. The molecule has 0 saturated heterocycles. The van der Waals surface area contributed by atoms with Gasteiger partial charge >= 0.3 is 5.97 Å². The van der Waals surface area contributed by atoms with E-state index in [4.69, 9.17) is 4.74 Å². The summed E-state index contributed by atoms with van der Waals surface area (Å²) in [5.74, 6) is -0.479. The van der Waals surface area contributed by atoms with Crippen LogP contribution < -0.4 is 0 Å². The predicted molar refractivity (Wildman–Crippen MR) is 46.5 cm³/mol. The average Bonchev–Trinajstić information content (AvgIpc) is 2.44. The molecule has 5 nitrogen and oxygen atoms in total. The Morgan fingerprint density at radius 2 is 2.14 bits per heavy atom. The Kier molecular flexibility index (Phi) is 1.92. The maximum absolute atomic E-state index is 11.2. The molecule has 1 aliphatic heterocycles. The third-order valence-corrected chi connectivity index (χ3v) is 2.09. The number of cyclic esters (lactones) is 1. The lowest BCUT2D eigenvalue weighted by molar-refractivity contribution is -0.490. The molecular formula is C9H7NO4. The lowest BCUT2D eigenvalue weighted by atomic mass is 10.1. The van der Waals surface area contributed by atoms with Crippen molar-refractivity contribution >= 4 is 5.97 Å². The smallest absolute Gasteiger partial charge is 0.339 e. The fourth-order valence-corrected chi connectivity index (χ4v) is 1.49. The summed E-state index contributed by atoms with van der Waals surface area (Å²) in [6, 6.07) is 6.72. The van der Waals surface area contributed by atoms with Crippen LogP contribution in [0.2, 0.25) is 0 Å². The van der Waals surface area contributed by atoms with Crippen LogP contribution in [0, 0.1) is 10.1 Å². The lowest BCUT2D eigenvalue weighted by Crippen LogP contribution is -2.12. The molecule has 1 aromatic rings. The zero-order valence-electron chi connectivity index (χ0n) is 7.17. The number of nitro groups is 1. The van der Waals surface area contributed by atoms with Gasteiger partial charge in [0.2, 0.25) is 6.54 Å². The number of esters is 1. The van der Waals surface area contributed by atoms with Gasteiger partial charge in [-0.3, -0.25) is 10.1 Å². The molecule has 1 atom stereocenters. The van der Waals surface area contributed by atoms with Crippen LogP contribution in [0.1, 0.15) is 22.0 Å². The summed E-state index contributed by atoms with van der Waals surface area (Å²) in [5.41, 5.74) is 1.04. The highest BCUT2D eigenvalue weighted by molar-refractivity contribution is 5.93. The van der Waals surface area contributed by atoms with Crippen molar-refractivity contribution in [1.29, 1.82) is 0 Å². The second-order valence-corrected chi connectivity index (χ2v) is 3.00. The van der Waals surface area contributed by atoms with E-state index in [2.05, 4.69) is 0 Å². The first kappa shape index (κ1) is 8.68. The first-order chi connectivity index (χ1) is 6.68. The van der Waals surface area contributed by atoms with Crippen molar-refractivity contribution in [3.63, 3.8) is 0 Å². The van der Waals surface area contributed by atoms with Gasteiger partial charge in [-0.25, -0.2) is 4.79 Å². The summed E-state index contributed by atoms with van der Waals surface area (Å²) in [5, 5.41) is 10.3. The van der Waals surface area contributed by atoms with Gasteiger partial charge < -0.3 is 4.74 Å². The molecule has 0 N–H and O–H groups in total. The van der Waals surface area contributed by atoms with E-state index in [1.54, 1.807) is 24.3 Å². The van der Waals surface area contributed by atoms with Gasteiger partial charge in [-0.15, -0.1) is 0 Å². The van der Waals surface area contributed by atoms with Crippen LogP contribution in [0.15, 0.2) is 24.3 Å². The molecule has 2 rings (SSSR count). The number of rotatable bonds is 2. The first-order valence-electron chi connectivity index (χ1n) is 4.10. The molecule has 1 heterocycles. The molecule has 0 fully saturated rings. The highest BCUT2D eigenvalue weighted by Crippen LogP contribution is 2.29. The Bertz CT molecular complexity index is 400. The van der Waals surface area contributed by atoms with Crippen molar-refractivity contribution in [3.05, 3.63) is 45.5 Å². The second kappa shape index (κ2) is 3.10. The third kappa shape index (κ3) is 1.32. The van der Waals surface area contributed by atoms with Crippen LogP contribution in [-0.2, 0) is 4.74 Å². The normalized spacial score (nSPS) is 18.9. The third-order valence-electron chi connectivity index (χ3n) is 2.09. The number of hydrogen-bond acceptors (Lipinski definition) is 4. The molecule has 1 aromatic carbocycles. The molecule has 0 spiro atoms. The van der Waals surface area contributed by atoms with Gasteiger partial charge in [0.15, 0.2) is 6.10 Å². The van der Waals surface area contributed by atoms with E-state index < -0.39 is 17.0 Å². The topological polar surface area (TPSA) is 69.4 Å². The molecule has 14 heavy (non-hydrogen) atoms. The van der Waals surface area contributed by atoms with Crippen LogP contribution >= 0.6 is 0 Å². The van der Waals surface area contributed by atoms with Crippen LogP contribution in [0.3, 0.4) is 0 Å². The van der Waals surface area contributed by atoms with E-state index in [1.165, 1.54) is 0 Å². The minimum absolute atomic E-state index is 0.372. The van der Waals surface area contributed by atoms with Crippen molar-refractivity contribution in [1.82, 2.24) is 0 Å². The van der Waals surface area contributed by atoms with Crippen molar-refractivity contribution in [2.75, 3.05) is 6.54 Å². The Balaban J connectivity index is 2.34. The highest BCUT2D eigenvalue weighted by Gasteiger charge is 2.33. The van der Waals surface area contributed by atoms with Crippen LogP contribution in [0.5, 0.6) is 0 Å². The minimum atomic E-state index is -0.728. The monoisotopic (exact) mass is 193 g/mol. The van der Waals surface area contributed by atoms with E-state index in [-0.39, 0.29) is 6.54 Å². The summed E-state index contributed by atoms with van der Waals surface area (Å²) >= 11 is 0.